The first kappa shape index (κ1) is 20.3. The highest BCUT2D eigenvalue weighted by atomic mass is 16.5. The van der Waals surface area contributed by atoms with Gasteiger partial charge in [-0.1, -0.05) is 25.1 Å². The highest BCUT2D eigenvalue weighted by molar-refractivity contribution is 5.93. The van der Waals surface area contributed by atoms with Gasteiger partial charge in [0.05, 0.1) is 25.3 Å². The number of morpholine rings is 1. The molecule has 6 heteroatoms. The molecule has 1 saturated heterocycles. The predicted octanol–water partition coefficient (Wildman–Crippen LogP) is 2.87. The summed E-state index contributed by atoms with van der Waals surface area (Å²) in [5, 5.41) is 4.00. The van der Waals surface area contributed by atoms with Gasteiger partial charge in [0.1, 0.15) is 0 Å². The van der Waals surface area contributed by atoms with Gasteiger partial charge in [-0.2, -0.15) is 0 Å². The van der Waals surface area contributed by atoms with Crippen molar-refractivity contribution < 1.29 is 14.3 Å². The van der Waals surface area contributed by atoms with Gasteiger partial charge in [-0.3, -0.25) is 9.69 Å². The van der Waals surface area contributed by atoms with Crippen LogP contribution in [0.5, 0.6) is 5.88 Å². The highest BCUT2D eigenvalue weighted by Crippen LogP contribution is 2.23. The Kier molecular flexibility index (Phi) is 7.39. The van der Waals surface area contributed by atoms with Crippen LogP contribution in [0.15, 0.2) is 36.4 Å². The van der Waals surface area contributed by atoms with Gasteiger partial charge in [0.15, 0.2) is 0 Å². The van der Waals surface area contributed by atoms with E-state index >= 15 is 0 Å². The van der Waals surface area contributed by atoms with Crippen LogP contribution in [0.1, 0.15) is 25.8 Å². The quantitative estimate of drug-likeness (QED) is 0.710. The molecular weight excluding hydrogens is 354 g/mol. The summed E-state index contributed by atoms with van der Waals surface area (Å²) in [5.41, 5.74) is 1.69. The van der Waals surface area contributed by atoms with Crippen molar-refractivity contribution in [2.24, 2.45) is 0 Å². The summed E-state index contributed by atoms with van der Waals surface area (Å²) in [5.74, 6) is 0.445. The highest BCUT2D eigenvalue weighted by Gasteiger charge is 2.17. The topological polar surface area (TPSA) is 63.7 Å². The third kappa shape index (κ3) is 5.53. The summed E-state index contributed by atoms with van der Waals surface area (Å²) < 4.78 is 11.2. The average Bonchev–Trinajstić information content (AvgIpc) is 2.74. The van der Waals surface area contributed by atoms with E-state index in [0.29, 0.717) is 19.0 Å². The van der Waals surface area contributed by atoms with Crippen molar-refractivity contribution in [3.8, 4) is 5.88 Å². The molecule has 1 aromatic heterocycles. The summed E-state index contributed by atoms with van der Waals surface area (Å²) in [6.45, 7) is 8.72. The largest absolute Gasteiger partial charge is 0.477 e. The summed E-state index contributed by atoms with van der Waals surface area (Å²) in [4.78, 5) is 19.2. The van der Waals surface area contributed by atoms with E-state index in [1.54, 1.807) is 12.2 Å². The molecule has 1 aliphatic heterocycles. The number of aromatic nitrogens is 1. The fourth-order valence-electron chi connectivity index (χ4n) is 3.17. The third-order valence-corrected chi connectivity index (χ3v) is 4.81. The van der Waals surface area contributed by atoms with Crippen molar-refractivity contribution in [2.75, 3.05) is 39.5 Å². The smallest absolute Gasteiger partial charge is 0.244 e. The standard InChI is InChI=1S/C22H29N3O3/c1-3-12-28-22-19(15-18-6-4-5-7-20(18)24-22)8-9-21(26)23-16-17(2)25-10-13-27-14-11-25/h4-9,15,17H,3,10-14,16H2,1-2H3,(H,23,26)/b9-8+. The van der Waals surface area contributed by atoms with Gasteiger partial charge in [0.25, 0.3) is 0 Å². The Bertz CT molecular complexity index is 816. The number of amides is 1. The zero-order valence-corrected chi connectivity index (χ0v) is 16.7. The van der Waals surface area contributed by atoms with Crippen LogP contribution < -0.4 is 10.1 Å². The molecule has 0 radical (unpaired) electrons. The van der Waals surface area contributed by atoms with Gasteiger partial charge in [-0.15, -0.1) is 0 Å². The first-order valence-corrected chi connectivity index (χ1v) is 9.97. The molecule has 1 unspecified atom stereocenters. The zero-order valence-electron chi connectivity index (χ0n) is 16.7. The van der Waals surface area contributed by atoms with Crippen LogP contribution in [-0.4, -0.2) is 61.3 Å². The number of carbonyl (C=O) groups is 1. The lowest BCUT2D eigenvalue weighted by Crippen LogP contribution is -2.47. The van der Waals surface area contributed by atoms with E-state index in [0.717, 1.165) is 49.2 Å². The molecule has 0 aliphatic carbocycles. The van der Waals surface area contributed by atoms with Crippen molar-refractivity contribution in [3.63, 3.8) is 0 Å². The molecule has 1 fully saturated rings. The number of nitrogens with one attached hydrogen (secondary N) is 1. The van der Waals surface area contributed by atoms with E-state index in [-0.39, 0.29) is 11.9 Å². The van der Waals surface area contributed by atoms with E-state index in [4.69, 9.17) is 9.47 Å². The van der Waals surface area contributed by atoms with E-state index in [1.165, 1.54) is 0 Å². The normalized spacial score (nSPS) is 16.4. The van der Waals surface area contributed by atoms with Gasteiger partial charge in [0, 0.05) is 42.7 Å². The number of hydrogen-bond acceptors (Lipinski definition) is 5. The molecule has 6 nitrogen and oxygen atoms in total. The lowest BCUT2D eigenvalue weighted by molar-refractivity contribution is -0.116. The number of nitrogens with zero attached hydrogens (tertiary/aromatic N) is 2. The van der Waals surface area contributed by atoms with Gasteiger partial charge < -0.3 is 14.8 Å². The van der Waals surface area contributed by atoms with Gasteiger partial charge in [-0.25, -0.2) is 4.98 Å². The molecule has 1 aliphatic rings. The number of ether oxygens (including phenoxy) is 2. The molecule has 1 amide bonds. The Balaban J connectivity index is 1.64. The van der Waals surface area contributed by atoms with E-state index < -0.39 is 0 Å². The number of hydrogen-bond donors (Lipinski definition) is 1. The molecule has 2 aromatic rings. The van der Waals surface area contributed by atoms with Crippen LogP contribution >= 0.6 is 0 Å². The first-order valence-electron chi connectivity index (χ1n) is 9.97. The second-order valence-electron chi connectivity index (χ2n) is 7.00. The SMILES string of the molecule is CCCOc1nc2ccccc2cc1/C=C/C(=O)NCC(C)N1CCOCC1. The zero-order chi connectivity index (χ0) is 19.8. The Morgan fingerprint density at radius 1 is 1.36 bits per heavy atom. The fraction of sp³-hybridized carbons (Fsp3) is 0.455. The van der Waals surface area contributed by atoms with Crippen LogP contribution in [0.4, 0.5) is 0 Å². The molecule has 1 N–H and O–H groups in total. The predicted molar refractivity (Wildman–Crippen MR) is 111 cm³/mol. The minimum atomic E-state index is -0.116. The van der Waals surface area contributed by atoms with Crippen molar-refractivity contribution in [1.29, 1.82) is 0 Å². The summed E-state index contributed by atoms with van der Waals surface area (Å²) in [6.07, 6.45) is 4.23. The number of carbonyl (C=O) groups excluding carboxylic acids is 1. The van der Waals surface area contributed by atoms with Crippen LogP contribution in [0, 0.1) is 0 Å². The maximum Gasteiger partial charge on any atom is 0.244 e. The van der Waals surface area contributed by atoms with Crippen LogP contribution in [0.2, 0.25) is 0 Å². The minimum Gasteiger partial charge on any atom is -0.477 e. The molecule has 1 atom stereocenters. The van der Waals surface area contributed by atoms with Gasteiger partial charge >= 0.3 is 0 Å². The van der Waals surface area contributed by atoms with Crippen LogP contribution in [-0.2, 0) is 9.53 Å². The van der Waals surface area contributed by atoms with Crippen LogP contribution in [0.25, 0.3) is 17.0 Å². The van der Waals surface area contributed by atoms with Crippen molar-refractivity contribution >= 4 is 22.9 Å². The summed E-state index contributed by atoms with van der Waals surface area (Å²) in [7, 11) is 0. The van der Waals surface area contributed by atoms with Crippen molar-refractivity contribution in [3.05, 3.63) is 42.0 Å². The molecule has 150 valence electrons. The number of benzene rings is 1. The molecule has 28 heavy (non-hydrogen) atoms. The number of fused-ring (bicyclic) bond motifs is 1. The molecule has 2 heterocycles. The van der Waals surface area contributed by atoms with Crippen molar-refractivity contribution in [2.45, 2.75) is 26.3 Å². The Morgan fingerprint density at radius 2 is 2.14 bits per heavy atom. The van der Waals surface area contributed by atoms with Gasteiger partial charge in [0.2, 0.25) is 11.8 Å². The fourth-order valence-corrected chi connectivity index (χ4v) is 3.17. The molecule has 3 rings (SSSR count). The number of pyridine rings is 1. The number of para-hydroxylation sites is 1. The average molecular weight is 383 g/mol. The third-order valence-electron chi connectivity index (χ3n) is 4.81. The number of rotatable bonds is 8. The molecule has 0 spiro atoms. The monoisotopic (exact) mass is 383 g/mol. The summed E-state index contributed by atoms with van der Waals surface area (Å²) >= 11 is 0. The minimum absolute atomic E-state index is 0.116. The lowest BCUT2D eigenvalue weighted by Gasteiger charge is -2.32. The van der Waals surface area contributed by atoms with Gasteiger partial charge in [-0.05, 0) is 31.6 Å². The Labute approximate surface area is 166 Å². The van der Waals surface area contributed by atoms with Crippen LogP contribution in [0.3, 0.4) is 0 Å². The Morgan fingerprint density at radius 3 is 2.93 bits per heavy atom. The van der Waals surface area contributed by atoms with E-state index in [1.807, 2.05) is 30.3 Å². The summed E-state index contributed by atoms with van der Waals surface area (Å²) in [6, 6.07) is 10.2. The first-order chi connectivity index (χ1) is 13.7. The second-order valence-corrected chi connectivity index (χ2v) is 7.00. The maximum atomic E-state index is 12.3. The van der Waals surface area contributed by atoms with E-state index in [2.05, 4.69) is 29.0 Å². The molecule has 0 saturated carbocycles. The van der Waals surface area contributed by atoms with E-state index in [9.17, 15) is 4.79 Å². The maximum absolute atomic E-state index is 12.3. The Hall–Kier alpha value is -2.44. The molecule has 1 aromatic carbocycles. The van der Waals surface area contributed by atoms with Crippen molar-refractivity contribution in [1.82, 2.24) is 15.2 Å². The second kappa shape index (κ2) is 10.2. The molecular formula is C22H29N3O3. The lowest BCUT2D eigenvalue weighted by atomic mass is 10.1. The molecule has 0 bridgehead atoms.